The molecule has 3 nitrogen and oxygen atoms in total. The lowest BCUT2D eigenvalue weighted by Gasteiger charge is -2.15. The average molecular weight is 287 g/mol. The van der Waals surface area contributed by atoms with E-state index in [0.717, 1.165) is 25.0 Å². The van der Waals surface area contributed by atoms with Gasteiger partial charge in [-0.15, -0.1) is 0 Å². The fraction of sp³-hybridized carbons (Fsp3) is 0.500. The molecule has 6 heteroatoms. The SMILES string of the molecule is O=C(O)c1cc(NCC2CCCC2)ccc1C(F)(F)F. The van der Waals surface area contributed by atoms with Crippen LogP contribution < -0.4 is 5.32 Å². The average Bonchev–Trinajstić information content (AvgIpc) is 2.88. The second-order valence-corrected chi connectivity index (χ2v) is 5.09. The number of rotatable bonds is 4. The number of carboxylic acids is 1. The van der Waals surface area contributed by atoms with Crippen LogP contribution in [0.25, 0.3) is 0 Å². The summed E-state index contributed by atoms with van der Waals surface area (Å²) in [6.45, 7) is 0.671. The summed E-state index contributed by atoms with van der Waals surface area (Å²) < 4.78 is 38.1. The van der Waals surface area contributed by atoms with Gasteiger partial charge in [-0.3, -0.25) is 0 Å². The molecule has 0 radical (unpaired) electrons. The summed E-state index contributed by atoms with van der Waals surface area (Å²) in [5.74, 6) is -1.05. The van der Waals surface area contributed by atoms with Gasteiger partial charge in [0.25, 0.3) is 0 Å². The van der Waals surface area contributed by atoms with Gasteiger partial charge in [0.05, 0.1) is 11.1 Å². The third-order valence-electron chi connectivity index (χ3n) is 3.62. The van der Waals surface area contributed by atoms with Gasteiger partial charge in [0, 0.05) is 12.2 Å². The van der Waals surface area contributed by atoms with Crippen LogP contribution in [0.4, 0.5) is 18.9 Å². The summed E-state index contributed by atoms with van der Waals surface area (Å²) in [6.07, 6.45) is -0.0734. The van der Waals surface area contributed by atoms with Crippen molar-refractivity contribution in [3.05, 3.63) is 29.3 Å². The van der Waals surface area contributed by atoms with Crippen LogP contribution in [0.3, 0.4) is 0 Å². The molecule has 1 aliphatic rings. The van der Waals surface area contributed by atoms with Crippen LogP contribution in [0.5, 0.6) is 0 Å². The topological polar surface area (TPSA) is 49.3 Å². The van der Waals surface area contributed by atoms with Gasteiger partial charge in [-0.2, -0.15) is 13.2 Å². The molecule has 1 fully saturated rings. The minimum absolute atomic E-state index is 0.419. The van der Waals surface area contributed by atoms with Crippen LogP contribution >= 0.6 is 0 Å². The van der Waals surface area contributed by atoms with Crippen LogP contribution in [0.15, 0.2) is 18.2 Å². The lowest BCUT2D eigenvalue weighted by molar-refractivity contribution is -0.138. The Hall–Kier alpha value is -1.72. The van der Waals surface area contributed by atoms with Crippen LogP contribution in [0.1, 0.15) is 41.6 Å². The zero-order valence-corrected chi connectivity index (χ0v) is 10.8. The molecule has 0 unspecified atom stereocenters. The number of carboxylic acid groups (broad SMARTS) is 1. The second kappa shape index (κ2) is 5.73. The first kappa shape index (κ1) is 14.7. The maximum atomic E-state index is 12.7. The smallest absolute Gasteiger partial charge is 0.417 e. The molecule has 0 amide bonds. The summed E-state index contributed by atoms with van der Waals surface area (Å²) >= 11 is 0. The number of hydrogen-bond acceptors (Lipinski definition) is 2. The first-order valence-electron chi connectivity index (χ1n) is 6.56. The molecule has 1 saturated carbocycles. The summed E-state index contributed by atoms with van der Waals surface area (Å²) in [5.41, 5.74) is -1.41. The highest BCUT2D eigenvalue weighted by Gasteiger charge is 2.35. The Labute approximate surface area is 114 Å². The van der Waals surface area contributed by atoms with Gasteiger partial charge in [0.1, 0.15) is 0 Å². The first-order chi connectivity index (χ1) is 9.38. The molecule has 20 heavy (non-hydrogen) atoms. The maximum absolute atomic E-state index is 12.7. The summed E-state index contributed by atoms with van der Waals surface area (Å²) in [6, 6.07) is 3.16. The van der Waals surface area contributed by atoms with Gasteiger partial charge in [-0.1, -0.05) is 12.8 Å². The van der Waals surface area contributed by atoms with Crippen molar-refractivity contribution >= 4 is 11.7 Å². The molecule has 2 rings (SSSR count). The quantitative estimate of drug-likeness (QED) is 0.879. The van der Waals surface area contributed by atoms with E-state index in [1.165, 1.54) is 18.9 Å². The third-order valence-corrected chi connectivity index (χ3v) is 3.62. The molecule has 1 aliphatic carbocycles. The number of hydrogen-bond donors (Lipinski definition) is 2. The highest BCUT2D eigenvalue weighted by Crippen LogP contribution is 2.33. The van der Waals surface area contributed by atoms with Crippen LogP contribution in [0, 0.1) is 5.92 Å². The van der Waals surface area contributed by atoms with Crippen molar-refractivity contribution in [1.29, 1.82) is 0 Å². The van der Waals surface area contributed by atoms with E-state index in [0.29, 0.717) is 18.2 Å². The van der Waals surface area contributed by atoms with E-state index < -0.39 is 23.3 Å². The van der Waals surface area contributed by atoms with Gasteiger partial charge in [0.2, 0.25) is 0 Å². The molecular formula is C14H16F3NO2. The molecule has 0 aromatic heterocycles. The van der Waals surface area contributed by atoms with E-state index in [1.807, 2.05) is 0 Å². The molecule has 0 saturated heterocycles. The molecule has 0 spiro atoms. The number of nitrogens with one attached hydrogen (secondary N) is 1. The van der Waals surface area contributed by atoms with Gasteiger partial charge < -0.3 is 10.4 Å². The van der Waals surface area contributed by atoms with Crippen molar-refractivity contribution in [2.45, 2.75) is 31.9 Å². The van der Waals surface area contributed by atoms with Crippen molar-refractivity contribution in [3.8, 4) is 0 Å². The molecule has 1 aromatic carbocycles. The van der Waals surface area contributed by atoms with E-state index in [2.05, 4.69) is 5.32 Å². The standard InChI is InChI=1S/C14H16F3NO2/c15-14(16,17)12-6-5-10(7-11(12)13(19)20)18-8-9-3-1-2-4-9/h5-7,9,18H,1-4,8H2,(H,19,20). The number of aromatic carboxylic acids is 1. The number of alkyl halides is 3. The molecule has 0 atom stereocenters. The van der Waals surface area contributed by atoms with Crippen molar-refractivity contribution in [3.63, 3.8) is 0 Å². The van der Waals surface area contributed by atoms with E-state index in [1.54, 1.807) is 0 Å². The van der Waals surface area contributed by atoms with Crippen LogP contribution in [-0.2, 0) is 6.18 Å². The Kier molecular flexibility index (Phi) is 4.20. The monoisotopic (exact) mass is 287 g/mol. The molecule has 0 heterocycles. The fourth-order valence-electron chi connectivity index (χ4n) is 2.56. The lowest BCUT2D eigenvalue weighted by atomic mass is 10.1. The van der Waals surface area contributed by atoms with Gasteiger partial charge >= 0.3 is 12.1 Å². The fourth-order valence-corrected chi connectivity index (χ4v) is 2.56. The predicted octanol–water partition coefficient (Wildman–Crippen LogP) is 4.01. The molecule has 2 N–H and O–H groups in total. The zero-order chi connectivity index (χ0) is 14.8. The molecule has 110 valence electrons. The maximum Gasteiger partial charge on any atom is 0.417 e. The summed E-state index contributed by atoms with van der Waals surface area (Å²) in [5, 5.41) is 11.9. The Balaban J connectivity index is 2.15. The molecule has 1 aromatic rings. The summed E-state index contributed by atoms with van der Waals surface area (Å²) in [7, 11) is 0. The molecular weight excluding hydrogens is 271 g/mol. The highest BCUT2D eigenvalue weighted by atomic mass is 19.4. The van der Waals surface area contributed by atoms with E-state index in [9.17, 15) is 18.0 Å². The number of carbonyl (C=O) groups is 1. The van der Waals surface area contributed by atoms with E-state index in [-0.39, 0.29) is 0 Å². The molecule has 0 bridgehead atoms. The number of benzene rings is 1. The summed E-state index contributed by atoms with van der Waals surface area (Å²) in [4.78, 5) is 11.0. The number of anilines is 1. The number of halogens is 3. The predicted molar refractivity (Wildman–Crippen MR) is 68.9 cm³/mol. The van der Waals surface area contributed by atoms with Gasteiger partial charge in [-0.05, 0) is 37.0 Å². The normalized spacial score (nSPS) is 16.4. The Morgan fingerprint density at radius 1 is 1.30 bits per heavy atom. The van der Waals surface area contributed by atoms with Crippen molar-refractivity contribution in [2.24, 2.45) is 5.92 Å². The Morgan fingerprint density at radius 2 is 1.95 bits per heavy atom. The van der Waals surface area contributed by atoms with E-state index >= 15 is 0 Å². The molecule has 0 aliphatic heterocycles. The minimum Gasteiger partial charge on any atom is -0.478 e. The third kappa shape index (κ3) is 3.43. The zero-order valence-electron chi connectivity index (χ0n) is 10.8. The van der Waals surface area contributed by atoms with Crippen molar-refractivity contribution in [1.82, 2.24) is 0 Å². The van der Waals surface area contributed by atoms with Crippen LogP contribution in [0.2, 0.25) is 0 Å². The van der Waals surface area contributed by atoms with Crippen LogP contribution in [-0.4, -0.2) is 17.6 Å². The minimum atomic E-state index is -4.66. The van der Waals surface area contributed by atoms with Crippen molar-refractivity contribution < 1.29 is 23.1 Å². The first-order valence-corrected chi connectivity index (χ1v) is 6.56. The highest BCUT2D eigenvalue weighted by molar-refractivity contribution is 5.91. The van der Waals surface area contributed by atoms with Crippen molar-refractivity contribution in [2.75, 3.05) is 11.9 Å². The van der Waals surface area contributed by atoms with Gasteiger partial charge in [0.15, 0.2) is 0 Å². The van der Waals surface area contributed by atoms with Gasteiger partial charge in [-0.25, -0.2) is 4.79 Å². The lowest BCUT2D eigenvalue weighted by Crippen LogP contribution is -2.15. The Bertz CT molecular complexity index is 494. The largest absolute Gasteiger partial charge is 0.478 e. The van der Waals surface area contributed by atoms with E-state index in [4.69, 9.17) is 5.11 Å². The Morgan fingerprint density at radius 3 is 2.50 bits per heavy atom. The second-order valence-electron chi connectivity index (χ2n) is 5.09.